The van der Waals surface area contributed by atoms with E-state index in [9.17, 15) is 13.2 Å². The summed E-state index contributed by atoms with van der Waals surface area (Å²) in [5.74, 6) is 0.911. The molecule has 31 heavy (non-hydrogen) atoms. The van der Waals surface area contributed by atoms with Gasteiger partial charge < -0.3 is 14.4 Å². The molecule has 1 saturated heterocycles. The number of fused-ring (bicyclic) bond motifs is 6. The Morgan fingerprint density at radius 2 is 2.00 bits per heavy atom. The molecule has 4 aliphatic rings. The van der Waals surface area contributed by atoms with E-state index in [1.165, 1.54) is 0 Å². The van der Waals surface area contributed by atoms with Crippen LogP contribution >= 0.6 is 0 Å². The van der Waals surface area contributed by atoms with Gasteiger partial charge in [-0.05, 0) is 49.7 Å². The average Bonchev–Trinajstić information content (AvgIpc) is 3.35. The zero-order chi connectivity index (χ0) is 21.6. The van der Waals surface area contributed by atoms with Gasteiger partial charge in [0.05, 0.1) is 36.7 Å². The zero-order valence-corrected chi connectivity index (χ0v) is 18.4. The first kappa shape index (κ1) is 20.7. The van der Waals surface area contributed by atoms with Gasteiger partial charge in [0.2, 0.25) is 10.0 Å². The van der Waals surface area contributed by atoms with Crippen molar-refractivity contribution in [3.63, 3.8) is 0 Å². The number of H-pyrrole nitrogens is 1. The normalized spacial score (nSPS) is 29.6. The van der Waals surface area contributed by atoms with Gasteiger partial charge in [-0.3, -0.25) is 9.89 Å². The van der Waals surface area contributed by atoms with Gasteiger partial charge in [0.25, 0.3) is 5.91 Å². The van der Waals surface area contributed by atoms with Gasteiger partial charge in [-0.15, -0.1) is 0 Å². The number of aromatic amines is 1. The van der Waals surface area contributed by atoms with Crippen LogP contribution in [0.25, 0.3) is 10.9 Å². The first-order valence-corrected chi connectivity index (χ1v) is 12.7. The molecule has 1 aromatic heterocycles. The molecule has 2 bridgehead atoms. The SMILES string of the molecule is CS(=O)(=O)NC1CCN2C(=O)COc3cc4[nH]ncc4cc3C3CCC(CC3)OC[C@@H]12. The van der Waals surface area contributed by atoms with E-state index in [1.807, 2.05) is 6.07 Å². The summed E-state index contributed by atoms with van der Waals surface area (Å²) in [6.07, 6.45) is 7.46. The molecular weight excluding hydrogens is 420 g/mol. The van der Waals surface area contributed by atoms with E-state index < -0.39 is 10.0 Å². The summed E-state index contributed by atoms with van der Waals surface area (Å²) in [5, 5.41) is 8.13. The van der Waals surface area contributed by atoms with Crippen molar-refractivity contribution in [2.45, 2.75) is 56.2 Å². The third-order valence-corrected chi connectivity index (χ3v) is 7.50. The maximum atomic E-state index is 13.1. The van der Waals surface area contributed by atoms with Gasteiger partial charge in [-0.25, -0.2) is 13.1 Å². The highest BCUT2D eigenvalue weighted by molar-refractivity contribution is 7.88. The standard InChI is InChI=1S/C21H28N4O5S/c1-31(27,28)24-17-6-7-25-19(17)11-29-15-4-2-13(3-5-15)16-8-14-10-22-23-18(14)9-20(16)30-12-21(25)26/h8-10,13,15,17,19,24H,2-7,11-12H2,1H3,(H,22,23)/t13?,15?,17?,19-/m0/s1. The maximum Gasteiger partial charge on any atom is 0.260 e. The molecule has 2 fully saturated rings. The maximum absolute atomic E-state index is 13.1. The minimum absolute atomic E-state index is 0.0924. The summed E-state index contributed by atoms with van der Waals surface area (Å²) >= 11 is 0. The fourth-order valence-corrected chi connectivity index (χ4v) is 6.04. The van der Waals surface area contributed by atoms with Crippen molar-refractivity contribution in [1.29, 1.82) is 0 Å². The number of rotatable bonds is 2. The topological polar surface area (TPSA) is 114 Å². The highest BCUT2D eigenvalue weighted by atomic mass is 32.2. The van der Waals surface area contributed by atoms with Gasteiger partial charge in [-0.2, -0.15) is 5.10 Å². The van der Waals surface area contributed by atoms with Crippen LogP contribution in [0.2, 0.25) is 0 Å². The van der Waals surface area contributed by atoms with Crippen LogP contribution in [0.4, 0.5) is 0 Å². The van der Waals surface area contributed by atoms with E-state index in [0.29, 0.717) is 25.5 Å². The summed E-state index contributed by atoms with van der Waals surface area (Å²) in [6, 6.07) is 3.37. The van der Waals surface area contributed by atoms with Crippen LogP contribution < -0.4 is 9.46 Å². The molecule has 1 amide bonds. The van der Waals surface area contributed by atoms with Crippen LogP contribution in [0.15, 0.2) is 18.3 Å². The minimum atomic E-state index is -3.38. The molecule has 10 heteroatoms. The van der Waals surface area contributed by atoms with Gasteiger partial charge in [0.15, 0.2) is 6.61 Å². The molecule has 3 aliphatic heterocycles. The molecule has 1 aliphatic carbocycles. The van der Waals surface area contributed by atoms with E-state index in [4.69, 9.17) is 9.47 Å². The smallest absolute Gasteiger partial charge is 0.260 e. The number of nitrogens with zero attached hydrogens (tertiary/aromatic N) is 2. The lowest BCUT2D eigenvalue weighted by molar-refractivity contribution is -0.136. The first-order chi connectivity index (χ1) is 14.9. The van der Waals surface area contributed by atoms with E-state index in [0.717, 1.165) is 54.2 Å². The van der Waals surface area contributed by atoms with E-state index in [-0.39, 0.29) is 30.7 Å². The summed E-state index contributed by atoms with van der Waals surface area (Å²) in [4.78, 5) is 14.8. The molecule has 2 aromatic rings. The van der Waals surface area contributed by atoms with Crippen molar-refractivity contribution in [3.05, 3.63) is 23.9 Å². The van der Waals surface area contributed by atoms with Crippen LogP contribution in [0.5, 0.6) is 5.75 Å². The number of hydrogen-bond donors (Lipinski definition) is 2. The Balaban J connectivity index is 1.46. The predicted molar refractivity (Wildman–Crippen MR) is 114 cm³/mol. The van der Waals surface area contributed by atoms with Gasteiger partial charge in [0.1, 0.15) is 5.75 Å². The Hall–Kier alpha value is -2.17. The fraction of sp³-hybridized carbons (Fsp3) is 0.619. The van der Waals surface area contributed by atoms with Gasteiger partial charge in [-0.1, -0.05) is 0 Å². The molecule has 2 atom stereocenters. The lowest BCUT2D eigenvalue weighted by atomic mass is 9.82. The van der Waals surface area contributed by atoms with Gasteiger partial charge in [0, 0.05) is 24.0 Å². The monoisotopic (exact) mass is 448 g/mol. The second-order valence-corrected chi connectivity index (χ2v) is 10.7. The number of nitrogens with one attached hydrogen (secondary N) is 2. The Morgan fingerprint density at radius 3 is 2.77 bits per heavy atom. The first-order valence-electron chi connectivity index (χ1n) is 10.9. The van der Waals surface area contributed by atoms with Crippen molar-refractivity contribution in [1.82, 2.24) is 19.8 Å². The Bertz CT molecular complexity index is 1080. The second-order valence-electron chi connectivity index (χ2n) is 8.88. The van der Waals surface area contributed by atoms with E-state index in [2.05, 4.69) is 21.0 Å². The molecule has 4 heterocycles. The number of amides is 1. The van der Waals surface area contributed by atoms with Crippen molar-refractivity contribution in [2.75, 3.05) is 26.0 Å². The highest BCUT2D eigenvalue weighted by Gasteiger charge is 2.40. The van der Waals surface area contributed by atoms with Crippen molar-refractivity contribution in [2.24, 2.45) is 0 Å². The van der Waals surface area contributed by atoms with E-state index >= 15 is 0 Å². The summed E-state index contributed by atoms with van der Waals surface area (Å²) in [6.45, 7) is 0.712. The van der Waals surface area contributed by atoms with Crippen molar-refractivity contribution >= 4 is 26.8 Å². The van der Waals surface area contributed by atoms with Crippen molar-refractivity contribution < 1.29 is 22.7 Å². The van der Waals surface area contributed by atoms with Crippen LogP contribution in [0.1, 0.15) is 43.6 Å². The molecule has 0 spiro atoms. The molecule has 1 unspecified atom stereocenters. The minimum Gasteiger partial charge on any atom is -0.483 e. The van der Waals surface area contributed by atoms with Crippen LogP contribution in [-0.2, 0) is 19.6 Å². The Kier molecular flexibility index (Phi) is 5.39. The quantitative estimate of drug-likeness (QED) is 0.720. The number of sulfonamides is 1. The Labute approximate surface area is 181 Å². The highest BCUT2D eigenvalue weighted by Crippen LogP contribution is 2.40. The molecule has 2 N–H and O–H groups in total. The second kappa shape index (κ2) is 8.07. The lowest BCUT2D eigenvalue weighted by Crippen LogP contribution is -2.50. The zero-order valence-electron chi connectivity index (χ0n) is 17.5. The fourth-order valence-electron chi connectivity index (χ4n) is 5.21. The Morgan fingerprint density at radius 1 is 1.19 bits per heavy atom. The summed E-state index contributed by atoms with van der Waals surface area (Å²) in [5.41, 5.74) is 2.00. The molecule has 168 valence electrons. The number of ether oxygens (including phenoxy) is 2. The van der Waals surface area contributed by atoms with Gasteiger partial charge >= 0.3 is 0 Å². The summed E-state index contributed by atoms with van der Waals surface area (Å²) < 4.78 is 38.6. The predicted octanol–water partition coefficient (Wildman–Crippen LogP) is 1.52. The molecule has 0 radical (unpaired) electrons. The molecular formula is C21H28N4O5S. The largest absolute Gasteiger partial charge is 0.483 e. The van der Waals surface area contributed by atoms with Crippen LogP contribution in [0, 0.1) is 0 Å². The van der Waals surface area contributed by atoms with E-state index in [1.54, 1.807) is 11.1 Å². The number of benzene rings is 1. The van der Waals surface area contributed by atoms with Crippen LogP contribution in [0.3, 0.4) is 0 Å². The number of carbonyl (C=O) groups excluding carboxylic acids is 1. The number of hydrogen-bond acceptors (Lipinski definition) is 6. The lowest BCUT2D eigenvalue weighted by Gasteiger charge is -2.32. The van der Waals surface area contributed by atoms with Crippen molar-refractivity contribution in [3.8, 4) is 5.75 Å². The molecule has 9 nitrogen and oxygen atoms in total. The van der Waals surface area contributed by atoms with Crippen LogP contribution in [-0.4, -0.2) is 73.6 Å². The molecule has 1 aromatic carbocycles. The third-order valence-electron chi connectivity index (χ3n) is 6.77. The third kappa shape index (κ3) is 4.28. The summed E-state index contributed by atoms with van der Waals surface area (Å²) in [7, 11) is -3.38. The molecule has 6 rings (SSSR count). The number of carbonyl (C=O) groups is 1. The average molecular weight is 449 g/mol. The molecule has 1 saturated carbocycles. The number of aromatic nitrogens is 2.